The van der Waals surface area contributed by atoms with Gasteiger partial charge in [-0.15, -0.1) is 0 Å². The molecule has 4 heteroatoms. The molecule has 91 valence electrons. The fraction of sp³-hybridized carbons (Fsp3) is 0.462. The van der Waals surface area contributed by atoms with Gasteiger partial charge in [0.1, 0.15) is 0 Å². The zero-order valence-corrected chi connectivity index (χ0v) is 9.92. The van der Waals surface area contributed by atoms with Gasteiger partial charge in [0.25, 0.3) is 0 Å². The minimum Gasteiger partial charge on any atom is -0.319 e. The van der Waals surface area contributed by atoms with Crippen molar-refractivity contribution in [2.75, 3.05) is 25.1 Å². The number of rotatable bonds is 3. The van der Waals surface area contributed by atoms with E-state index in [9.17, 15) is 0 Å². The van der Waals surface area contributed by atoms with Gasteiger partial charge in [0.05, 0.1) is 5.69 Å². The van der Waals surface area contributed by atoms with Gasteiger partial charge in [0, 0.05) is 12.1 Å². The molecule has 4 nitrogen and oxygen atoms in total. The van der Waals surface area contributed by atoms with Gasteiger partial charge in [0.15, 0.2) is 6.17 Å². The first-order valence-electron chi connectivity index (χ1n) is 6.36. The van der Waals surface area contributed by atoms with Crippen molar-refractivity contribution < 1.29 is 0 Å². The van der Waals surface area contributed by atoms with Gasteiger partial charge >= 0.3 is 0 Å². The molecule has 0 atom stereocenters. The van der Waals surface area contributed by atoms with Crippen molar-refractivity contribution in [1.82, 2.24) is 16.1 Å². The highest BCUT2D eigenvalue weighted by molar-refractivity contribution is 5.60. The fourth-order valence-electron chi connectivity index (χ4n) is 2.48. The van der Waals surface area contributed by atoms with E-state index in [0.29, 0.717) is 0 Å². The van der Waals surface area contributed by atoms with E-state index in [0.717, 1.165) is 37.4 Å². The van der Waals surface area contributed by atoms with Crippen molar-refractivity contribution in [3.05, 3.63) is 36.0 Å². The molecule has 2 aliphatic heterocycles. The number of benzene rings is 1. The lowest BCUT2D eigenvalue weighted by Gasteiger charge is -2.24. The second kappa shape index (κ2) is 5.04. The van der Waals surface area contributed by atoms with E-state index >= 15 is 0 Å². The lowest BCUT2D eigenvalue weighted by molar-refractivity contribution is 0.358. The van der Waals surface area contributed by atoms with Gasteiger partial charge in [-0.25, -0.2) is 5.43 Å². The molecule has 0 aliphatic carbocycles. The number of hydrogen-bond donors (Lipinski definition) is 4. The van der Waals surface area contributed by atoms with Crippen LogP contribution in [-0.4, -0.2) is 19.6 Å². The van der Waals surface area contributed by atoms with Crippen LogP contribution in [0.2, 0.25) is 0 Å². The number of piperidine rings is 1. The Morgan fingerprint density at radius 3 is 2.82 bits per heavy atom. The summed E-state index contributed by atoms with van der Waals surface area (Å²) in [6.07, 6.45) is 3.66. The molecule has 1 radical (unpaired) electrons. The standard InChI is InChI=1S/C13H19N4/c1-2-4-12-11(3-1)13(17-16-12)15-9-10-5-7-14-8-6-10/h1-4,10,14-17H,5-9H2. The third-order valence-electron chi connectivity index (χ3n) is 3.54. The van der Waals surface area contributed by atoms with Crippen molar-refractivity contribution >= 4 is 5.69 Å². The summed E-state index contributed by atoms with van der Waals surface area (Å²) in [5, 5.41) is 6.92. The van der Waals surface area contributed by atoms with E-state index in [-0.39, 0.29) is 0 Å². The number of hydrazine groups is 1. The Balaban J connectivity index is 1.56. The normalized spacial score (nSPS) is 21.2. The minimum atomic E-state index is 0.790. The monoisotopic (exact) mass is 231 g/mol. The molecule has 0 unspecified atom stereocenters. The van der Waals surface area contributed by atoms with Gasteiger partial charge in [-0.2, -0.15) is 0 Å². The van der Waals surface area contributed by atoms with E-state index in [4.69, 9.17) is 0 Å². The van der Waals surface area contributed by atoms with E-state index in [1.54, 1.807) is 0 Å². The molecule has 17 heavy (non-hydrogen) atoms. The first-order valence-corrected chi connectivity index (χ1v) is 6.36. The molecule has 0 spiro atoms. The van der Waals surface area contributed by atoms with Crippen molar-refractivity contribution in [3.63, 3.8) is 0 Å². The zero-order valence-electron chi connectivity index (χ0n) is 9.92. The molecule has 1 aromatic carbocycles. The highest BCUT2D eigenvalue weighted by Gasteiger charge is 2.23. The average Bonchev–Trinajstić information content (AvgIpc) is 2.81. The largest absolute Gasteiger partial charge is 0.319 e. The smallest absolute Gasteiger partial charge is 0.152 e. The third kappa shape index (κ3) is 2.44. The Labute approximate surface area is 102 Å². The number of hydrogen-bond acceptors (Lipinski definition) is 4. The molecule has 1 saturated heterocycles. The molecule has 1 aromatic rings. The second-order valence-corrected chi connectivity index (χ2v) is 4.74. The number of nitrogens with one attached hydrogen (secondary N) is 4. The number of fused-ring (bicyclic) bond motifs is 1. The predicted octanol–water partition coefficient (Wildman–Crippen LogP) is 1.04. The van der Waals surface area contributed by atoms with Crippen LogP contribution in [0.15, 0.2) is 24.3 Å². The summed E-state index contributed by atoms with van der Waals surface area (Å²) in [6, 6.07) is 8.33. The highest BCUT2D eigenvalue weighted by Crippen LogP contribution is 2.25. The highest BCUT2D eigenvalue weighted by atomic mass is 15.4. The maximum Gasteiger partial charge on any atom is 0.152 e. The van der Waals surface area contributed by atoms with Crippen LogP contribution in [0.4, 0.5) is 5.69 Å². The lowest BCUT2D eigenvalue weighted by Crippen LogP contribution is -2.39. The summed E-state index contributed by atoms with van der Waals surface area (Å²) in [5.74, 6) is 0.790. The van der Waals surface area contributed by atoms with Crippen molar-refractivity contribution in [1.29, 1.82) is 0 Å². The molecule has 0 saturated carbocycles. The maximum atomic E-state index is 3.52. The first kappa shape index (κ1) is 11.0. The SMILES string of the molecule is c1ccc2c(c1)NN[C]2NCC1CCNCC1. The van der Waals surface area contributed by atoms with Gasteiger partial charge in [0.2, 0.25) is 0 Å². The topological polar surface area (TPSA) is 48.1 Å². The molecule has 2 aliphatic rings. The molecule has 2 heterocycles. The summed E-state index contributed by atoms with van der Waals surface area (Å²) in [5.41, 5.74) is 8.77. The quantitative estimate of drug-likeness (QED) is 0.628. The Bertz CT molecular complexity index is 373. The Kier molecular flexibility index (Phi) is 3.27. The molecular formula is C13H19N4. The van der Waals surface area contributed by atoms with Crippen LogP contribution in [0.3, 0.4) is 0 Å². The number of anilines is 1. The Morgan fingerprint density at radius 1 is 1.12 bits per heavy atom. The van der Waals surface area contributed by atoms with E-state index in [2.05, 4.69) is 39.7 Å². The summed E-state index contributed by atoms with van der Waals surface area (Å²) in [6.45, 7) is 3.37. The van der Waals surface area contributed by atoms with Crippen LogP contribution in [0, 0.1) is 12.1 Å². The molecule has 0 aromatic heterocycles. The van der Waals surface area contributed by atoms with Gasteiger partial charge in [-0.05, 0) is 37.9 Å². The van der Waals surface area contributed by atoms with Crippen LogP contribution in [-0.2, 0) is 0 Å². The zero-order chi connectivity index (χ0) is 11.5. The van der Waals surface area contributed by atoms with Gasteiger partial charge in [-0.1, -0.05) is 18.2 Å². The maximum absolute atomic E-state index is 3.52. The van der Waals surface area contributed by atoms with Gasteiger partial charge in [-0.3, -0.25) is 5.32 Å². The molecule has 0 bridgehead atoms. The lowest BCUT2D eigenvalue weighted by atomic mass is 9.98. The summed E-state index contributed by atoms with van der Waals surface area (Å²) < 4.78 is 0. The van der Waals surface area contributed by atoms with Crippen LogP contribution in [0.1, 0.15) is 18.4 Å². The average molecular weight is 231 g/mol. The predicted molar refractivity (Wildman–Crippen MR) is 69.1 cm³/mol. The molecular weight excluding hydrogens is 212 g/mol. The molecule has 4 N–H and O–H groups in total. The Morgan fingerprint density at radius 2 is 1.94 bits per heavy atom. The fourth-order valence-corrected chi connectivity index (χ4v) is 2.48. The summed E-state index contributed by atoms with van der Waals surface area (Å²) in [4.78, 5) is 0. The second-order valence-electron chi connectivity index (χ2n) is 4.74. The minimum absolute atomic E-state index is 0.790. The molecule has 0 amide bonds. The van der Waals surface area contributed by atoms with E-state index in [1.807, 2.05) is 6.07 Å². The van der Waals surface area contributed by atoms with Crippen LogP contribution < -0.4 is 21.5 Å². The first-order chi connectivity index (χ1) is 8.43. The van der Waals surface area contributed by atoms with Crippen molar-refractivity contribution in [2.24, 2.45) is 5.92 Å². The molecule has 3 rings (SSSR count). The molecule has 1 fully saturated rings. The van der Waals surface area contributed by atoms with Crippen molar-refractivity contribution in [3.8, 4) is 0 Å². The Hall–Kier alpha value is -1.10. The summed E-state index contributed by atoms with van der Waals surface area (Å²) >= 11 is 0. The van der Waals surface area contributed by atoms with E-state index < -0.39 is 0 Å². The van der Waals surface area contributed by atoms with Crippen LogP contribution in [0.5, 0.6) is 0 Å². The van der Waals surface area contributed by atoms with Gasteiger partial charge < -0.3 is 10.7 Å². The summed E-state index contributed by atoms with van der Waals surface area (Å²) in [7, 11) is 0. The van der Waals surface area contributed by atoms with E-state index in [1.165, 1.54) is 18.4 Å². The van der Waals surface area contributed by atoms with Crippen molar-refractivity contribution in [2.45, 2.75) is 12.8 Å². The van der Waals surface area contributed by atoms with Crippen LogP contribution in [0.25, 0.3) is 0 Å². The van der Waals surface area contributed by atoms with Crippen LogP contribution >= 0.6 is 0 Å². The third-order valence-corrected chi connectivity index (χ3v) is 3.54. The number of para-hydroxylation sites is 1.